The highest BCUT2D eigenvalue weighted by Gasteiger charge is 2.11. The highest BCUT2D eigenvalue weighted by Crippen LogP contribution is 2.24. The van der Waals surface area contributed by atoms with Gasteiger partial charge in [0.1, 0.15) is 5.82 Å². The Morgan fingerprint density at radius 2 is 1.90 bits per heavy atom. The lowest BCUT2D eigenvalue weighted by atomic mass is 10.1. The first kappa shape index (κ1) is 14.1. The molecule has 2 N–H and O–H groups in total. The maximum atomic E-state index is 6.06. The lowest BCUT2D eigenvalue weighted by Crippen LogP contribution is -2.03. The van der Waals surface area contributed by atoms with Crippen molar-refractivity contribution in [2.24, 2.45) is 5.73 Å². The molecule has 0 saturated heterocycles. The topological polar surface area (TPSA) is 43.8 Å². The Labute approximate surface area is 129 Å². The number of halogens is 1. The predicted octanol–water partition coefficient (Wildman–Crippen LogP) is 3.74. The number of imidazole rings is 1. The van der Waals surface area contributed by atoms with E-state index in [-0.39, 0.29) is 0 Å². The van der Waals surface area contributed by atoms with Gasteiger partial charge in [0, 0.05) is 17.1 Å². The summed E-state index contributed by atoms with van der Waals surface area (Å²) in [6.45, 7) is 2.79. The van der Waals surface area contributed by atoms with Gasteiger partial charge in [0.25, 0.3) is 0 Å². The van der Waals surface area contributed by atoms with Gasteiger partial charge in [-0.25, -0.2) is 4.98 Å². The van der Waals surface area contributed by atoms with E-state index in [0.717, 1.165) is 35.4 Å². The third-order valence-electron chi connectivity index (χ3n) is 3.63. The zero-order valence-electron chi connectivity index (χ0n) is 12.0. The van der Waals surface area contributed by atoms with Crippen LogP contribution in [-0.2, 0) is 12.8 Å². The summed E-state index contributed by atoms with van der Waals surface area (Å²) in [4.78, 5) is 4.69. The first-order valence-electron chi connectivity index (χ1n) is 7.19. The van der Waals surface area contributed by atoms with E-state index in [4.69, 9.17) is 17.3 Å². The number of aryl methyl sites for hydroxylation is 1. The average molecular weight is 300 g/mol. The maximum Gasteiger partial charge on any atom is 0.114 e. The smallest absolute Gasteiger partial charge is 0.114 e. The summed E-state index contributed by atoms with van der Waals surface area (Å²) in [5.74, 6) is 1.04. The van der Waals surface area contributed by atoms with Gasteiger partial charge in [-0.05, 0) is 48.9 Å². The minimum atomic E-state index is 0.673. The van der Waals surface area contributed by atoms with Gasteiger partial charge in [-0.2, -0.15) is 0 Å². The second-order valence-electron chi connectivity index (χ2n) is 5.06. The van der Waals surface area contributed by atoms with Crippen molar-refractivity contribution in [2.75, 3.05) is 6.54 Å². The molecule has 3 aromatic rings. The molecule has 0 unspecified atom stereocenters. The number of hydrogen-bond donors (Lipinski definition) is 1. The number of hydrogen-bond acceptors (Lipinski definition) is 2. The molecule has 0 aliphatic carbocycles. The summed E-state index contributed by atoms with van der Waals surface area (Å²) in [5.41, 5.74) is 10.0. The molecule has 3 nitrogen and oxygen atoms in total. The van der Waals surface area contributed by atoms with E-state index in [1.54, 1.807) is 0 Å². The number of rotatable bonds is 4. The van der Waals surface area contributed by atoms with E-state index in [1.165, 1.54) is 5.56 Å². The number of aromatic nitrogens is 2. The molecule has 0 atom stereocenters. The molecule has 0 saturated carbocycles. The normalized spacial score (nSPS) is 11.2. The number of fused-ring (bicyclic) bond motifs is 1. The van der Waals surface area contributed by atoms with Crippen LogP contribution in [0, 0.1) is 0 Å². The van der Waals surface area contributed by atoms with Crippen LogP contribution in [0.3, 0.4) is 0 Å². The van der Waals surface area contributed by atoms with Crippen LogP contribution in [0.2, 0.25) is 5.02 Å². The Morgan fingerprint density at radius 1 is 1.14 bits per heavy atom. The quantitative estimate of drug-likeness (QED) is 0.797. The summed E-state index contributed by atoms with van der Waals surface area (Å²) in [7, 11) is 0. The minimum absolute atomic E-state index is 0.673. The minimum Gasteiger partial charge on any atom is -0.330 e. The Bertz CT molecular complexity index is 760. The molecule has 0 amide bonds. The first-order valence-corrected chi connectivity index (χ1v) is 7.57. The van der Waals surface area contributed by atoms with Crippen molar-refractivity contribution in [3.05, 3.63) is 58.9 Å². The molecule has 0 spiro atoms. The molecule has 4 heteroatoms. The number of nitrogens with zero attached hydrogens (tertiary/aromatic N) is 2. The molecule has 0 aliphatic rings. The lowest BCUT2D eigenvalue weighted by Gasteiger charge is -2.09. The van der Waals surface area contributed by atoms with Gasteiger partial charge in [-0.15, -0.1) is 0 Å². The van der Waals surface area contributed by atoms with Crippen molar-refractivity contribution in [3.63, 3.8) is 0 Å². The van der Waals surface area contributed by atoms with Crippen molar-refractivity contribution >= 4 is 22.6 Å². The number of nitrogens with two attached hydrogens (primary N) is 1. The fourth-order valence-electron chi connectivity index (χ4n) is 2.61. The second-order valence-corrected chi connectivity index (χ2v) is 5.49. The van der Waals surface area contributed by atoms with Crippen LogP contribution in [0.5, 0.6) is 0 Å². The van der Waals surface area contributed by atoms with Crippen molar-refractivity contribution in [1.29, 1.82) is 0 Å². The van der Waals surface area contributed by atoms with Crippen LogP contribution in [-0.4, -0.2) is 16.1 Å². The van der Waals surface area contributed by atoms with Gasteiger partial charge in [0.15, 0.2) is 0 Å². The van der Waals surface area contributed by atoms with Gasteiger partial charge in [-0.3, -0.25) is 4.57 Å². The van der Waals surface area contributed by atoms with E-state index < -0.39 is 0 Å². The van der Waals surface area contributed by atoms with E-state index in [2.05, 4.69) is 40.7 Å². The third-order valence-corrected chi connectivity index (χ3v) is 3.86. The summed E-state index contributed by atoms with van der Waals surface area (Å²) in [6, 6.07) is 14.4. The van der Waals surface area contributed by atoms with Crippen molar-refractivity contribution in [2.45, 2.75) is 19.8 Å². The lowest BCUT2D eigenvalue weighted by molar-refractivity contribution is 0.905. The van der Waals surface area contributed by atoms with Crippen LogP contribution < -0.4 is 5.73 Å². The van der Waals surface area contributed by atoms with Crippen molar-refractivity contribution < 1.29 is 0 Å². The van der Waals surface area contributed by atoms with Crippen LogP contribution in [0.4, 0.5) is 0 Å². The van der Waals surface area contributed by atoms with Gasteiger partial charge in [0.05, 0.1) is 11.0 Å². The highest BCUT2D eigenvalue weighted by atomic mass is 35.5. The van der Waals surface area contributed by atoms with Gasteiger partial charge in [0.2, 0.25) is 0 Å². The van der Waals surface area contributed by atoms with E-state index >= 15 is 0 Å². The molecule has 1 aromatic heterocycles. The van der Waals surface area contributed by atoms with Gasteiger partial charge < -0.3 is 5.73 Å². The molecular weight excluding hydrogens is 282 g/mol. The Morgan fingerprint density at radius 3 is 2.57 bits per heavy atom. The predicted molar refractivity (Wildman–Crippen MR) is 88.2 cm³/mol. The zero-order valence-corrected chi connectivity index (χ0v) is 12.8. The molecule has 0 fully saturated rings. The molecule has 0 radical (unpaired) electrons. The summed E-state index contributed by atoms with van der Waals surface area (Å²) in [5, 5.41) is 0.716. The first-order chi connectivity index (χ1) is 10.2. The highest BCUT2D eigenvalue weighted by molar-refractivity contribution is 6.31. The SMILES string of the molecule is CCc1nc2cc(Cl)ccc2n1-c1ccc(CCN)cc1. The maximum absolute atomic E-state index is 6.06. The fraction of sp³-hybridized carbons (Fsp3) is 0.235. The van der Waals surface area contributed by atoms with Crippen LogP contribution in [0.1, 0.15) is 18.3 Å². The summed E-state index contributed by atoms with van der Waals surface area (Å²) < 4.78 is 2.19. The summed E-state index contributed by atoms with van der Waals surface area (Å²) >= 11 is 6.06. The molecule has 1 heterocycles. The Balaban J connectivity index is 2.13. The van der Waals surface area contributed by atoms with Crippen molar-refractivity contribution in [3.8, 4) is 5.69 Å². The van der Waals surface area contributed by atoms with Gasteiger partial charge >= 0.3 is 0 Å². The number of benzene rings is 2. The van der Waals surface area contributed by atoms with E-state index in [9.17, 15) is 0 Å². The van der Waals surface area contributed by atoms with E-state index in [0.29, 0.717) is 11.6 Å². The third kappa shape index (κ3) is 2.67. The van der Waals surface area contributed by atoms with Gasteiger partial charge in [-0.1, -0.05) is 30.7 Å². The standard InChI is InChI=1S/C17H18ClN3/c1-2-17-20-15-11-13(18)5-8-16(15)21(17)14-6-3-12(4-7-14)9-10-19/h3-8,11H,2,9-10,19H2,1H3. The Kier molecular flexibility index (Phi) is 3.95. The Hall–Kier alpha value is -1.84. The summed E-state index contributed by atoms with van der Waals surface area (Å²) in [6.07, 6.45) is 1.78. The van der Waals surface area contributed by atoms with Crippen LogP contribution in [0.15, 0.2) is 42.5 Å². The molecule has 3 rings (SSSR count). The molecule has 2 aromatic carbocycles. The monoisotopic (exact) mass is 299 g/mol. The van der Waals surface area contributed by atoms with Crippen LogP contribution in [0.25, 0.3) is 16.7 Å². The molecule has 0 aliphatic heterocycles. The molecule has 0 bridgehead atoms. The molecule has 108 valence electrons. The van der Waals surface area contributed by atoms with Crippen molar-refractivity contribution in [1.82, 2.24) is 9.55 Å². The second kappa shape index (κ2) is 5.88. The zero-order chi connectivity index (χ0) is 14.8. The van der Waals surface area contributed by atoms with Crippen LogP contribution >= 0.6 is 11.6 Å². The van der Waals surface area contributed by atoms with E-state index in [1.807, 2.05) is 18.2 Å². The fourth-order valence-corrected chi connectivity index (χ4v) is 2.77. The molecule has 21 heavy (non-hydrogen) atoms. The largest absolute Gasteiger partial charge is 0.330 e. The average Bonchev–Trinajstić information content (AvgIpc) is 2.86. The molecular formula is C17H18ClN3.